The Hall–Kier alpha value is -2.14. The molecule has 0 unspecified atom stereocenters. The molecule has 0 bridgehead atoms. The normalized spacial score (nSPS) is 26.5. The van der Waals surface area contributed by atoms with Crippen LogP contribution in [0.3, 0.4) is 0 Å². The maximum Gasteiger partial charge on any atom is 0.262 e. The van der Waals surface area contributed by atoms with Crippen LogP contribution in [0.5, 0.6) is 0 Å². The average molecular weight is 467 g/mol. The molecule has 0 amide bonds. The van der Waals surface area contributed by atoms with Gasteiger partial charge in [0.25, 0.3) is 5.92 Å². The second-order valence-electron chi connectivity index (χ2n) is 9.23. The number of sulfonamides is 1. The monoisotopic (exact) mass is 466 g/mol. The van der Waals surface area contributed by atoms with Crippen molar-refractivity contribution in [2.24, 2.45) is 11.8 Å². The molecule has 32 heavy (non-hydrogen) atoms. The summed E-state index contributed by atoms with van der Waals surface area (Å²) in [6.45, 7) is 1.41. The Morgan fingerprint density at radius 2 is 2.12 bits per heavy atom. The molecule has 11 heteroatoms. The van der Waals surface area contributed by atoms with Crippen LogP contribution in [0, 0.1) is 11.8 Å². The van der Waals surface area contributed by atoms with Gasteiger partial charge in [-0.15, -0.1) is 10.2 Å². The number of alkyl halides is 2. The molecular formula is C21H28F2N6O2S. The summed E-state index contributed by atoms with van der Waals surface area (Å²) in [6.07, 6.45) is 7.40. The molecule has 174 valence electrons. The largest absolute Gasteiger partial charge is 0.345 e. The van der Waals surface area contributed by atoms with Gasteiger partial charge in [-0.05, 0) is 43.6 Å². The minimum atomic E-state index is -3.63. The first-order chi connectivity index (χ1) is 15.3. The Balaban J connectivity index is 1.27. The Labute approximate surface area is 185 Å². The Kier molecular flexibility index (Phi) is 5.43. The van der Waals surface area contributed by atoms with E-state index in [9.17, 15) is 17.2 Å². The Morgan fingerprint density at radius 3 is 2.88 bits per heavy atom. The molecule has 5 rings (SSSR count). The van der Waals surface area contributed by atoms with Crippen LogP contribution < -0.4 is 0 Å². The second kappa shape index (κ2) is 8.02. The fourth-order valence-corrected chi connectivity index (χ4v) is 7.05. The van der Waals surface area contributed by atoms with Crippen molar-refractivity contribution in [3.05, 3.63) is 24.3 Å². The van der Waals surface area contributed by atoms with E-state index in [-0.39, 0.29) is 24.6 Å². The molecule has 1 saturated carbocycles. The highest BCUT2D eigenvalue weighted by molar-refractivity contribution is 7.89. The van der Waals surface area contributed by atoms with Crippen molar-refractivity contribution in [2.45, 2.75) is 57.3 Å². The van der Waals surface area contributed by atoms with Crippen LogP contribution in [-0.2, 0) is 10.0 Å². The van der Waals surface area contributed by atoms with Gasteiger partial charge in [0.05, 0.1) is 24.0 Å². The first-order valence-corrected chi connectivity index (χ1v) is 12.9. The van der Waals surface area contributed by atoms with Gasteiger partial charge in [0, 0.05) is 25.1 Å². The van der Waals surface area contributed by atoms with Crippen molar-refractivity contribution in [1.82, 2.24) is 28.9 Å². The van der Waals surface area contributed by atoms with Crippen LogP contribution >= 0.6 is 0 Å². The quantitative estimate of drug-likeness (QED) is 0.574. The van der Waals surface area contributed by atoms with E-state index in [1.807, 2.05) is 12.3 Å². The van der Waals surface area contributed by atoms with E-state index in [2.05, 4.69) is 31.5 Å². The number of nitrogens with one attached hydrogen (secondary N) is 1. The SMILES string of the molecule is CC[C@@H]1C[C@H](CCCS(=O)(=O)N2CCC(F)(F)C2)C[C@@H]1c1nnc2cnc3[nH]ccc3n12. The van der Waals surface area contributed by atoms with Gasteiger partial charge < -0.3 is 4.98 Å². The van der Waals surface area contributed by atoms with Crippen LogP contribution in [0.25, 0.3) is 16.8 Å². The van der Waals surface area contributed by atoms with Gasteiger partial charge in [0.15, 0.2) is 11.3 Å². The van der Waals surface area contributed by atoms with Crippen molar-refractivity contribution in [1.29, 1.82) is 0 Å². The molecule has 3 aromatic rings. The van der Waals surface area contributed by atoms with Gasteiger partial charge in [0.2, 0.25) is 10.0 Å². The number of rotatable bonds is 7. The number of aromatic nitrogens is 5. The topological polar surface area (TPSA) is 96.2 Å². The lowest BCUT2D eigenvalue weighted by Crippen LogP contribution is -2.33. The third-order valence-corrected chi connectivity index (χ3v) is 9.06. The van der Waals surface area contributed by atoms with E-state index in [1.165, 1.54) is 0 Å². The van der Waals surface area contributed by atoms with Crippen molar-refractivity contribution >= 4 is 26.8 Å². The van der Waals surface area contributed by atoms with Gasteiger partial charge in [-0.3, -0.25) is 4.40 Å². The fourth-order valence-electron chi connectivity index (χ4n) is 5.51. The van der Waals surface area contributed by atoms with Gasteiger partial charge >= 0.3 is 0 Å². The predicted molar refractivity (Wildman–Crippen MR) is 116 cm³/mol. The minimum absolute atomic E-state index is 0.0649. The first-order valence-electron chi connectivity index (χ1n) is 11.3. The van der Waals surface area contributed by atoms with E-state index in [0.29, 0.717) is 18.3 Å². The molecule has 3 atom stereocenters. The fraction of sp³-hybridized carbons (Fsp3) is 0.667. The molecule has 8 nitrogen and oxygen atoms in total. The summed E-state index contributed by atoms with van der Waals surface area (Å²) in [4.78, 5) is 7.51. The summed E-state index contributed by atoms with van der Waals surface area (Å²) >= 11 is 0. The van der Waals surface area contributed by atoms with E-state index >= 15 is 0 Å². The molecule has 1 aliphatic heterocycles. The van der Waals surface area contributed by atoms with Crippen LogP contribution in [0.1, 0.15) is 57.2 Å². The molecule has 3 aromatic heterocycles. The van der Waals surface area contributed by atoms with Crippen molar-refractivity contribution in [2.75, 3.05) is 18.8 Å². The number of hydrogen-bond donors (Lipinski definition) is 1. The zero-order valence-corrected chi connectivity index (χ0v) is 18.9. The zero-order valence-electron chi connectivity index (χ0n) is 18.0. The minimum Gasteiger partial charge on any atom is -0.345 e. The lowest BCUT2D eigenvalue weighted by atomic mass is 9.93. The molecule has 2 fully saturated rings. The third-order valence-electron chi connectivity index (χ3n) is 7.16. The number of hydrogen-bond acceptors (Lipinski definition) is 5. The molecule has 1 aliphatic carbocycles. The van der Waals surface area contributed by atoms with E-state index in [1.54, 1.807) is 6.20 Å². The van der Waals surface area contributed by atoms with Gasteiger partial charge in [-0.25, -0.2) is 22.2 Å². The Morgan fingerprint density at radius 1 is 1.28 bits per heavy atom. The number of fused-ring (bicyclic) bond motifs is 3. The highest BCUT2D eigenvalue weighted by Gasteiger charge is 2.43. The number of H-pyrrole nitrogens is 1. The first kappa shape index (κ1) is 21.7. The summed E-state index contributed by atoms with van der Waals surface area (Å²) in [6, 6.07) is 1.97. The lowest BCUT2D eigenvalue weighted by molar-refractivity contribution is 0.0183. The zero-order chi connectivity index (χ0) is 22.5. The molecule has 0 radical (unpaired) electrons. The van der Waals surface area contributed by atoms with Gasteiger partial charge in [0.1, 0.15) is 5.82 Å². The second-order valence-corrected chi connectivity index (χ2v) is 11.3. The number of aromatic amines is 1. The molecule has 0 spiro atoms. The van der Waals surface area contributed by atoms with Crippen molar-refractivity contribution in [3.63, 3.8) is 0 Å². The summed E-state index contributed by atoms with van der Waals surface area (Å²) < 4.78 is 54.8. The average Bonchev–Trinajstić information content (AvgIpc) is 3.51. The summed E-state index contributed by atoms with van der Waals surface area (Å²) in [5.74, 6) is -0.950. The van der Waals surface area contributed by atoms with Crippen LogP contribution in [0.15, 0.2) is 18.5 Å². The molecule has 1 saturated heterocycles. The standard InChI is InChI=1S/C21H28F2N6O2S/c1-2-15-10-14(4-3-9-32(30,31)28-8-6-21(22,23)13-28)11-16(15)20-27-26-18-12-25-19-17(29(18)20)5-7-24-19/h5,7,12,14-16,24H,2-4,6,8-11,13H2,1H3/t14-,15+,16-/m0/s1. The molecule has 1 N–H and O–H groups in total. The molecular weight excluding hydrogens is 438 g/mol. The van der Waals surface area contributed by atoms with Crippen LogP contribution in [0.4, 0.5) is 8.78 Å². The van der Waals surface area contributed by atoms with Crippen LogP contribution in [0.2, 0.25) is 0 Å². The van der Waals surface area contributed by atoms with Crippen LogP contribution in [-0.4, -0.2) is 62.1 Å². The van der Waals surface area contributed by atoms with E-state index in [0.717, 1.165) is 52.6 Å². The smallest absolute Gasteiger partial charge is 0.262 e. The molecule has 2 aliphatic rings. The van der Waals surface area contributed by atoms with Gasteiger partial charge in [-0.1, -0.05) is 13.3 Å². The number of halogens is 2. The highest BCUT2D eigenvalue weighted by Crippen LogP contribution is 2.46. The molecule has 0 aromatic carbocycles. The highest BCUT2D eigenvalue weighted by atomic mass is 32.2. The van der Waals surface area contributed by atoms with Crippen molar-refractivity contribution < 1.29 is 17.2 Å². The van der Waals surface area contributed by atoms with E-state index in [4.69, 9.17) is 0 Å². The third kappa shape index (κ3) is 3.89. The van der Waals surface area contributed by atoms with E-state index < -0.39 is 22.5 Å². The predicted octanol–water partition coefficient (Wildman–Crippen LogP) is 3.58. The summed E-state index contributed by atoms with van der Waals surface area (Å²) in [5.41, 5.74) is 2.46. The van der Waals surface area contributed by atoms with Crippen molar-refractivity contribution in [3.8, 4) is 0 Å². The number of nitrogens with zero attached hydrogens (tertiary/aromatic N) is 5. The maximum atomic E-state index is 13.4. The summed E-state index contributed by atoms with van der Waals surface area (Å²) in [5, 5.41) is 8.84. The Bertz CT molecular complexity index is 1220. The van der Waals surface area contributed by atoms with Gasteiger partial charge in [-0.2, -0.15) is 4.31 Å². The maximum absolute atomic E-state index is 13.4. The summed E-state index contributed by atoms with van der Waals surface area (Å²) in [7, 11) is -3.63. The lowest BCUT2D eigenvalue weighted by Gasteiger charge is -2.17. The molecule has 4 heterocycles.